The lowest BCUT2D eigenvalue weighted by Gasteiger charge is -2.34. The third-order valence-electron chi connectivity index (χ3n) is 5.75. The number of ether oxygens (including phenoxy) is 3. The molecule has 33 heavy (non-hydrogen) atoms. The number of fused-ring (bicyclic) bond motifs is 4. The first-order chi connectivity index (χ1) is 16.0. The van der Waals surface area contributed by atoms with Gasteiger partial charge in [-0.15, -0.1) is 0 Å². The molecule has 3 heterocycles. The van der Waals surface area contributed by atoms with E-state index >= 15 is 0 Å². The zero-order chi connectivity index (χ0) is 23.0. The summed E-state index contributed by atoms with van der Waals surface area (Å²) < 4.78 is 17.5. The Kier molecular flexibility index (Phi) is 5.10. The second-order valence-electron chi connectivity index (χ2n) is 7.67. The fraction of sp³-hybridized carbons (Fsp3) is 0.208. The van der Waals surface area contributed by atoms with E-state index in [0.717, 1.165) is 27.3 Å². The third-order valence-corrected chi connectivity index (χ3v) is 5.75. The highest BCUT2D eigenvalue weighted by Gasteiger charge is 2.47. The summed E-state index contributed by atoms with van der Waals surface area (Å²) in [4.78, 5) is 25.9. The molecule has 2 aliphatic heterocycles. The number of carbonyl (C=O) groups excluding carboxylic acids is 1. The monoisotopic (exact) mass is 446 g/mol. The van der Waals surface area contributed by atoms with E-state index in [1.165, 1.54) is 14.2 Å². The fourth-order valence-corrected chi connectivity index (χ4v) is 3.97. The maximum atomic E-state index is 12.1. The highest BCUT2D eigenvalue weighted by atomic mass is 16.7. The Morgan fingerprint density at radius 2 is 1.94 bits per heavy atom. The standard InChI is InChI=1S/C24H22N4O5/c1-28(30-2)22(29)13-31-17-6-8-21-19(11-17)24(14-32-23(25)27-24)18-10-15(5-7-20(18)33-21)16-4-3-9-26-12-16/h3-12H,13-14H2,1-2H3,(H2,25,27)/t24-/m0/s1. The van der Waals surface area contributed by atoms with Crippen LogP contribution < -0.4 is 15.2 Å². The van der Waals surface area contributed by atoms with Crippen LogP contribution >= 0.6 is 0 Å². The van der Waals surface area contributed by atoms with Gasteiger partial charge in [0.2, 0.25) is 0 Å². The van der Waals surface area contributed by atoms with Crippen LogP contribution in [-0.2, 0) is 19.9 Å². The molecule has 5 rings (SSSR count). The van der Waals surface area contributed by atoms with Crippen LogP contribution in [0.1, 0.15) is 11.1 Å². The molecule has 9 heteroatoms. The summed E-state index contributed by atoms with van der Waals surface area (Å²) in [5.41, 5.74) is 8.56. The van der Waals surface area contributed by atoms with E-state index in [4.69, 9.17) is 29.8 Å². The molecule has 2 aromatic carbocycles. The number of hydrogen-bond donors (Lipinski definition) is 1. The summed E-state index contributed by atoms with van der Waals surface area (Å²) in [6, 6.07) is 15.2. The Morgan fingerprint density at radius 1 is 1.15 bits per heavy atom. The van der Waals surface area contributed by atoms with Crippen LogP contribution in [0.3, 0.4) is 0 Å². The van der Waals surface area contributed by atoms with E-state index in [-0.39, 0.29) is 25.1 Å². The van der Waals surface area contributed by atoms with E-state index in [1.54, 1.807) is 30.6 Å². The summed E-state index contributed by atoms with van der Waals surface area (Å²) in [7, 11) is 2.93. The molecule has 2 aliphatic rings. The molecule has 3 aromatic rings. The minimum Gasteiger partial charge on any atom is -0.484 e. The van der Waals surface area contributed by atoms with Crippen LogP contribution in [0.15, 0.2) is 65.9 Å². The number of rotatable bonds is 5. The first kappa shape index (κ1) is 20.8. The normalized spacial score (nSPS) is 17.9. The highest BCUT2D eigenvalue weighted by Crippen LogP contribution is 2.52. The number of nitrogens with zero attached hydrogens (tertiary/aromatic N) is 3. The van der Waals surface area contributed by atoms with E-state index < -0.39 is 5.54 Å². The lowest BCUT2D eigenvalue weighted by molar-refractivity contribution is -0.170. The molecule has 0 bridgehead atoms. The van der Waals surface area contributed by atoms with Crippen LogP contribution in [-0.4, -0.2) is 49.3 Å². The molecule has 0 fully saturated rings. The molecule has 2 N–H and O–H groups in total. The van der Waals surface area contributed by atoms with Gasteiger partial charge in [0.15, 0.2) is 12.1 Å². The molecule has 0 aliphatic carbocycles. The summed E-state index contributed by atoms with van der Waals surface area (Å²) in [6.45, 7) is 0.0358. The van der Waals surface area contributed by atoms with Crippen molar-refractivity contribution in [3.05, 3.63) is 72.1 Å². The Morgan fingerprint density at radius 3 is 2.64 bits per heavy atom. The van der Waals surface area contributed by atoms with Crippen molar-refractivity contribution in [2.24, 2.45) is 10.7 Å². The number of nitrogens with two attached hydrogens (primary N) is 1. The van der Waals surface area contributed by atoms with Gasteiger partial charge >= 0.3 is 0 Å². The highest BCUT2D eigenvalue weighted by molar-refractivity contribution is 5.78. The number of carbonyl (C=O) groups is 1. The average Bonchev–Trinajstić information content (AvgIpc) is 3.24. The molecule has 1 spiro atoms. The summed E-state index contributed by atoms with van der Waals surface area (Å²) in [6.07, 6.45) is 3.53. The van der Waals surface area contributed by atoms with Crippen LogP contribution in [0.25, 0.3) is 11.1 Å². The summed E-state index contributed by atoms with van der Waals surface area (Å²) >= 11 is 0. The van der Waals surface area contributed by atoms with Gasteiger partial charge < -0.3 is 19.9 Å². The minimum absolute atomic E-state index is 0.101. The number of pyridine rings is 1. The second-order valence-corrected chi connectivity index (χ2v) is 7.67. The zero-order valence-electron chi connectivity index (χ0n) is 18.1. The van der Waals surface area contributed by atoms with Crippen molar-refractivity contribution in [1.29, 1.82) is 0 Å². The fourth-order valence-electron chi connectivity index (χ4n) is 3.97. The van der Waals surface area contributed by atoms with Gasteiger partial charge in [-0.1, -0.05) is 12.1 Å². The van der Waals surface area contributed by atoms with E-state index in [9.17, 15) is 4.79 Å². The van der Waals surface area contributed by atoms with Gasteiger partial charge in [0.25, 0.3) is 11.9 Å². The average molecular weight is 446 g/mol. The molecule has 9 nitrogen and oxygen atoms in total. The number of amides is 1. The van der Waals surface area contributed by atoms with Gasteiger partial charge in [-0.05, 0) is 42.0 Å². The van der Waals surface area contributed by atoms with Crippen LogP contribution in [0.4, 0.5) is 0 Å². The third kappa shape index (κ3) is 3.62. The number of benzene rings is 2. The first-order valence-electron chi connectivity index (χ1n) is 10.3. The quantitative estimate of drug-likeness (QED) is 0.601. The molecule has 1 aromatic heterocycles. The second kappa shape index (κ2) is 8.10. The lowest BCUT2D eigenvalue weighted by atomic mass is 9.80. The van der Waals surface area contributed by atoms with Gasteiger partial charge in [0, 0.05) is 36.1 Å². The van der Waals surface area contributed by atoms with Crippen LogP contribution in [0.2, 0.25) is 0 Å². The molecular weight excluding hydrogens is 424 g/mol. The Hall–Kier alpha value is -4.11. The van der Waals surface area contributed by atoms with Crippen molar-refractivity contribution in [3.63, 3.8) is 0 Å². The topological polar surface area (TPSA) is 108 Å². The Bertz CT molecular complexity index is 1250. The minimum atomic E-state index is -0.905. The maximum absolute atomic E-state index is 12.1. The van der Waals surface area contributed by atoms with Crippen molar-refractivity contribution in [3.8, 4) is 28.4 Å². The van der Waals surface area contributed by atoms with Crippen LogP contribution in [0.5, 0.6) is 17.2 Å². The molecule has 0 saturated carbocycles. The van der Waals surface area contributed by atoms with Gasteiger partial charge in [0.05, 0.1) is 7.11 Å². The number of hydrogen-bond acceptors (Lipinski definition) is 8. The molecule has 1 amide bonds. The molecule has 0 radical (unpaired) electrons. The maximum Gasteiger partial charge on any atom is 0.283 e. The van der Waals surface area contributed by atoms with E-state index in [2.05, 4.69) is 4.98 Å². The SMILES string of the molecule is CON(C)C(=O)COc1ccc2c(c1)[C@]1(COC(N)=N1)c1cc(-c3cccnc3)ccc1O2. The molecule has 0 unspecified atom stereocenters. The molecule has 168 valence electrons. The van der Waals surface area contributed by atoms with E-state index in [1.807, 2.05) is 30.3 Å². The van der Waals surface area contributed by atoms with Crippen molar-refractivity contribution in [2.45, 2.75) is 5.54 Å². The van der Waals surface area contributed by atoms with Gasteiger partial charge in [-0.2, -0.15) is 0 Å². The van der Waals surface area contributed by atoms with Crippen molar-refractivity contribution >= 4 is 11.9 Å². The first-order valence-corrected chi connectivity index (χ1v) is 10.3. The number of aromatic nitrogens is 1. The lowest BCUT2D eigenvalue weighted by Crippen LogP contribution is -2.32. The summed E-state index contributed by atoms with van der Waals surface area (Å²) in [5, 5.41) is 1.11. The van der Waals surface area contributed by atoms with Crippen molar-refractivity contribution in [2.75, 3.05) is 27.4 Å². The Labute approximate surface area is 190 Å². The largest absolute Gasteiger partial charge is 0.484 e. The van der Waals surface area contributed by atoms with Gasteiger partial charge in [-0.25, -0.2) is 10.1 Å². The molecule has 1 atom stereocenters. The number of aliphatic imine (C=N–C) groups is 1. The predicted octanol–water partition coefficient (Wildman–Crippen LogP) is 2.84. The summed E-state index contributed by atoms with van der Waals surface area (Å²) in [5.74, 6) is 1.45. The smallest absolute Gasteiger partial charge is 0.283 e. The number of amidine groups is 1. The molecular formula is C24H22N4O5. The van der Waals surface area contributed by atoms with Gasteiger partial charge in [0.1, 0.15) is 23.9 Å². The van der Waals surface area contributed by atoms with Crippen molar-refractivity contribution < 1.29 is 23.8 Å². The predicted molar refractivity (Wildman–Crippen MR) is 120 cm³/mol. The Balaban J connectivity index is 1.56. The molecule has 0 saturated heterocycles. The van der Waals surface area contributed by atoms with Crippen molar-refractivity contribution in [1.82, 2.24) is 10.0 Å². The number of hydroxylamine groups is 2. The van der Waals surface area contributed by atoms with E-state index in [0.29, 0.717) is 17.2 Å². The zero-order valence-corrected chi connectivity index (χ0v) is 18.1. The number of likely N-dealkylation sites (N-methyl/N-ethyl adjacent to an activating group) is 1. The van der Waals surface area contributed by atoms with Gasteiger partial charge in [-0.3, -0.25) is 14.6 Å². The van der Waals surface area contributed by atoms with Crippen LogP contribution in [0, 0.1) is 0 Å².